The Bertz CT molecular complexity index is 264. The Morgan fingerprint density at radius 2 is 2.50 bits per heavy atom. The fourth-order valence-corrected chi connectivity index (χ4v) is 3.33. The van der Waals surface area contributed by atoms with Crippen molar-refractivity contribution in [1.82, 2.24) is 0 Å². The zero-order chi connectivity index (χ0) is 8.55. The van der Waals surface area contributed by atoms with Crippen LogP contribution in [-0.4, -0.2) is 0 Å². The predicted molar refractivity (Wildman–Crippen MR) is 53.6 cm³/mol. The number of thiophene rings is 1. The lowest BCUT2D eigenvalue weighted by Gasteiger charge is -2.19. The average molecular weight is 181 g/mol. The molecule has 12 heavy (non-hydrogen) atoms. The second-order valence-corrected chi connectivity index (χ2v) is 4.56. The van der Waals surface area contributed by atoms with E-state index in [4.69, 9.17) is 5.73 Å². The normalized spacial score (nSPS) is 22.3. The number of hydrogen-bond acceptors (Lipinski definition) is 2. The lowest BCUT2D eigenvalue weighted by Crippen LogP contribution is -2.08. The van der Waals surface area contributed by atoms with Crippen molar-refractivity contribution in [3.8, 4) is 0 Å². The van der Waals surface area contributed by atoms with Crippen LogP contribution in [0.25, 0.3) is 0 Å². The Kier molecular flexibility index (Phi) is 2.20. The summed E-state index contributed by atoms with van der Waals surface area (Å²) in [6, 6.07) is 0. The summed E-state index contributed by atoms with van der Waals surface area (Å²) in [6.45, 7) is 3.04. The molecule has 0 saturated heterocycles. The molecule has 1 atom stereocenters. The SMILES string of the molecule is CC1CCCc2scc(CN)c21. The lowest BCUT2D eigenvalue weighted by molar-refractivity contribution is 0.593. The van der Waals surface area contributed by atoms with Gasteiger partial charge in [0.05, 0.1) is 0 Å². The van der Waals surface area contributed by atoms with Gasteiger partial charge in [0.15, 0.2) is 0 Å². The molecule has 1 aliphatic rings. The van der Waals surface area contributed by atoms with Gasteiger partial charge in [-0.2, -0.15) is 0 Å². The van der Waals surface area contributed by atoms with Crippen molar-refractivity contribution in [1.29, 1.82) is 0 Å². The van der Waals surface area contributed by atoms with Crippen molar-refractivity contribution < 1.29 is 0 Å². The maximum absolute atomic E-state index is 5.69. The molecule has 2 heteroatoms. The first kappa shape index (κ1) is 8.27. The van der Waals surface area contributed by atoms with Crippen molar-refractivity contribution in [3.63, 3.8) is 0 Å². The van der Waals surface area contributed by atoms with Crippen molar-refractivity contribution in [3.05, 3.63) is 21.4 Å². The molecule has 0 aromatic carbocycles. The van der Waals surface area contributed by atoms with Gasteiger partial charge in [-0.1, -0.05) is 6.92 Å². The van der Waals surface area contributed by atoms with Crippen LogP contribution in [0, 0.1) is 0 Å². The molecule has 1 nitrogen and oxygen atoms in total. The van der Waals surface area contributed by atoms with Gasteiger partial charge in [0.2, 0.25) is 0 Å². The molecule has 0 radical (unpaired) electrons. The molecule has 2 N–H and O–H groups in total. The van der Waals surface area contributed by atoms with Crippen molar-refractivity contribution >= 4 is 11.3 Å². The van der Waals surface area contributed by atoms with Crippen LogP contribution in [0.15, 0.2) is 5.38 Å². The number of fused-ring (bicyclic) bond motifs is 1. The second kappa shape index (κ2) is 3.19. The molecule has 1 heterocycles. The monoisotopic (exact) mass is 181 g/mol. The molecular weight excluding hydrogens is 166 g/mol. The zero-order valence-electron chi connectivity index (χ0n) is 7.47. The second-order valence-electron chi connectivity index (χ2n) is 3.60. The van der Waals surface area contributed by atoms with E-state index in [1.54, 1.807) is 10.4 Å². The minimum absolute atomic E-state index is 0.718. The standard InChI is InChI=1S/C10H15NS/c1-7-3-2-4-9-10(7)8(5-11)6-12-9/h6-7H,2-5,11H2,1H3. The summed E-state index contributed by atoms with van der Waals surface area (Å²) in [5, 5.41) is 2.24. The number of aryl methyl sites for hydroxylation is 1. The third kappa shape index (κ3) is 1.19. The van der Waals surface area contributed by atoms with Gasteiger partial charge in [0.1, 0.15) is 0 Å². The number of rotatable bonds is 1. The highest BCUT2D eigenvalue weighted by molar-refractivity contribution is 7.10. The van der Waals surface area contributed by atoms with Gasteiger partial charge in [-0.05, 0) is 41.7 Å². The molecule has 0 amide bonds. The number of hydrogen-bond donors (Lipinski definition) is 1. The first-order chi connectivity index (χ1) is 5.83. The Hall–Kier alpha value is -0.340. The molecule has 2 rings (SSSR count). The topological polar surface area (TPSA) is 26.0 Å². The van der Waals surface area contributed by atoms with Crippen LogP contribution < -0.4 is 5.73 Å². The molecule has 1 aromatic rings. The van der Waals surface area contributed by atoms with E-state index < -0.39 is 0 Å². The minimum atomic E-state index is 0.718. The number of nitrogens with two attached hydrogens (primary N) is 1. The van der Waals surface area contributed by atoms with Crippen LogP contribution in [-0.2, 0) is 13.0 Å². The highest BCUT2D eigenvalue weighted by atomic mass is 32.1. The maximum atomic E-state index is 5.69. The highest BCUT2D eigenvalue weighted by Gasteiger charge is 2.20. The molecule has 1 aliphatic carbocycles. The smallest absolute Gasteiger partial charge is 0.0189 e. The van der Waals surface area contributed by atoms with Crippen molar-refractivity contribution in [2.24, 2.45) is 5.73 Å². The van der Waals surface area contributed by atoms with E-state index in [-0.39, 0.29) is 0 Å². The van der Waals surface area contributed by atoms with Crippen molar-refractivity contribution in [2.75, 3.05) is 0 Å². The van der Waals surface area contributed by atoms with Crippen LogP contribution >= 0.6 is 11.3 Å². The molecule has 0 spiro atoms. The third-order valence-electron chi connectivity index (χ3n) is 2.74. The van der Waals surface area contributed by atoms with Gasteiger partial charge in [-0.3, -0.25) is 0 Å². The summed E-state index contributed by atoms with van der Waals surface area (Å²) in [6.07, 6.45) is 3.99. The Morgan fingerprint density at radius 3 is 3.25 bits per heavy atom. The molecule has 0 aliphatic heterocycles. The van der Waals surface area contributed by atoms with Crippen LogP contribution in [0.2, 0.25) is 0 Å². The molecule has 0 saturated carbocycles. The van der Waals surface area contributed by atoms with E-state index >= 15 is 0 Å². The Balaban J connectivity index is 2.43. The minimum Gasteiger partial charge on any atom is -0.326 e. The zero-order valence-corrected chi connectivity index (χ0v) is 8.29. The summed E-state index contributed by atoms with van der Waals surface area (Å²) in [7, 11) is 0. The molecule has 1 aromatic heterocycles. The molecular formula is C10H15NS. The first-order valence-electron chi connectivity index (χ1n) is 4.62. The molecule has 1 unspecified atom stereocenters. The van der Waals surface area contributed by atoms with E-state index in [0.717, 1.165) is 12.5 Å². The summed E-state index contributed by atoms with van der Waals surface area (Å²) < 4.78 is 0. The van der Waals surface area contributed by atoms with Gasteiger partial charge in [-0.15, -0.1) is 11.3 Å². The first-order valence-corrected chi connectivity index (χ1v) is 5.50. The highest BCUT2D eigenvalue weighted by Crippen LogP contribution is 2.37. The van der Waals surface area contributed by atoms with E-state index in [2.05, 4.69) is 12.3 Å². The Labute approximate surface area is 77.6 Å². The lowest BCUT2D eigenvalue weighted by atomic mass is 9.87. The van der Waals surface area contributed by atoms with E-state index in [0.29, 0.717) is 0 Å². The van der Waals surface area contributed by atoms with Gasteiger partial charge >= 0.3 is 0 Å². The quantitative estimate of drug-likeness (QED) is 0.708. The summed E-state index contributed by atoms with van der Waals surface area (Å²) in [4.78, 5) is 1.59. The van der Waals surface area contributed by atoms with E-state index in [9.17, 15) is 0 Å². The van der Waals surface area contributed by atoms with Crippen LogP contribution in [0.5, 0.6) is 0 Å². The summed E-state index contributed by atoms with van der Waals surface area (Å²) in [5.41, 5.74) is 8.66. The molecule has 66 valence electrons. The predicted octanol–water partition coefficient (Wildman–Crippen LogP) is 2.65. The van der Waals surface area contributed by atoms with Crippen LogP contribution in [0.4, 0.5) is 0 Å². The molecule has 0 fully saturated rings. The van der Waals surface area contributed by atoms with Crippen LogP contribution in [0.1, 0.15) is 41.7 Å². The van der Waals surface area contributed by atoms with Gasteiger partial charge in [-0.25, -0.2) is 0 Å². The van der Waals surface area contributed by atoms with Gasteiger partial charge in [0, 0.05) is 11.4 Å². The summed E-state index contributed by atoms with van der Waals surface area (Å²) >= 11 is 1.90. The Morgan fingerprint density at radius 1 is 1.67 bits per heavy atom. The van der Waals surface area contributed by atoms with Gasteiger partial charge in [0.25, 0.3) is 0 Å². The maximum Gasteiger partial charge on any atom is 0.0189 e. The van der Waals surface area contributed by atoms with E-state index in [1.165, 1.54) is 24.8 Å². The fourth-order valence-electron chi connectivity index (χ4n) is 2.10. The molecule has 0 bridgehead atoms. The van der Waals surface area contributed by atoms with Crippen LogP contribution in [0.3, 0.4) is 0 Å². The van der Waals surface area contributed by atoms with Crippen molar-refractivity contribution in [2.45, 2.75) is 38.6 Å². The van der Waals surface area contributed by atoms with Gasteiger partial charge < -0.3 is 5.73 Å². The van der Waals surface area contributed by atoms with E-state index in [1.807, 2.05) is 11.3 Å². The largest absolute Gasteiger partial charge is 0.326 e. The summed E-state index contributed by atoms with van der Waals surface area (Å²) in [5.74, 6) is 0.749. The average Bonchev–Trinajstić information content (AvgIpc) is 2.49. The third-order valence-corrected chi connectivity index (χ3v) is 3.85. The fraction of sp³-hybridized carbons (Fsp3) is 0.600.